The number of nitrogens with zero attached hydrogens (tertiary/aromatic N) is 2. The number of piperidine rings is 1. The Balaban J connectivity index is 0.000000243. The first-order valence-electron chi connectivity index (χ1n) is 14.0. The number of phenolic OH excluding ortho intramolecular Hbond substituents is 1. The van der Waals surface area contributed by atoms with E-state index in [1.54, 1.807) is 6.07 Å². The Morgan fingerprint density at radius 3 is 2.08 bits per heavy atom. The fourth-order valence-electron chi connectivity index (χ4n) is 5.25. The Labute approximate surface area is 225 Å². The molecule has 0 saturated carbocycles. The van der Waals surface area contributed by atoms with Gasteiger partial charge in [0.25, 0.3) is 0 Å². The van der Waals surface area contributed by atoms with Gasteiger partial charge in [0.2, 0.25) is 0 Å². The molecule has 2 aliphatic rings. The van der Waals surface area contributed by atoms with Crippen LogP contribution < -0.4 is 4.90 Å². The molecule has 1 saturated heterocycles. The summed E-state index contributed by atoms with van der Waals surface area (Å²) in [5, 5.41) is 9.19. The molecule has 1 heterocycles. The molecule has 1 N–H and O–H groups in total. The van der Waals surface area contributed by atoms with E-state index in [2.05, 4.69) is 84.2 Å². The third kappa shape index (κ3) is 9.30. The monoisotopic (exact) mass is 496 g/mol. The first kappa shape index (κ1) is 28.4. The number of hydrogen-bond acceptors (Lipinski definition) is 3. The summed E-state index contributed by atoms with van der Waals surface area (Å²) in [7, 11) is 0. The smallest absolute Gasteiger partial charge is 0.115 e. The topological polar surface area (TPSA) is 26.7 Å². The highest BCUT2D eigenvalue weighted by Gasteiger charge is 2.10. The van der Waals surface area contributed by atoms with Gasteiger partial charge in [-0.25, -0.2) is 0 Å². The lowest BCUT2D eigenvalue weighted by Gasteiger charge is -2.26. The molecule has 1 aliphatic heterocycles. The van der Waals surface area contributed by atoms with Crippen LogP contribution in [0.4, 0.5) is 5.69 Å². The average molecular weight is 497 g/mol. The summed E-state index contributed by atoms with van der Waals surface area (Å²) in [6.07, 6.45) is 18.3. The summed E-state index contributed by atoms with van der Waals surface area (Å²) in [4.78, 5) is 5.04. The minimum absolute atomic E-state index is 0.408. The summed E-state index contributed by atoms with van der Waals surface area (Å²) < 4.78 is 0. The zero-order valence-corrected chi connectivity index (χ0v) is 22.6. The quantitative estimate of drug-likeness (QED) is 0.349. The summed E-state index contributed by atoms with van der Waals surface area (Å²) in [5.41, 5.74) is 6.92. The first-order chi connectivity index (χ1) is 18.2. The average Bonchev–Trinajstić information content (AvgIpc) is 2.98. The highest BCUT2D eigenvalue weighted by molar-refractivity contribution is 5.46. The summed E-state index contributed by atoms with van der Waals surface area (Å²) in [6, 6.07) is 25.7. The number of terminal acetylenes is 1. The maximum atomic E-state index is 9.19. The molecule has 0 atom stereocenters. The maximum Gasteiger partial charge on any atom is 0.115 e. The third-order valence-electron chi connectivity index (χ3n) is 7.40. The van der Waals surface area contributed by atoms with Crippen molar-refractivity contribution in [3.63, 3.8) is 0 Å². The molecule has 37 heavy (non-hydrogen) atoms. The lowest BCUT2D eigenvalue weighted by Crippen LogP contribution is -2.31. The van der Waals surface area contributed by atoms with E-state index in [4.69, 9.17) is 0 Å². The van der Waals surface area contributed by atoms with E-state index >= 15 is 0 Å². The number of benzene rings is 3. The fraction of sp³-hybridized carbons (Fsp3) is 0.412. The second-order valence-corrected chi connectivity index (χ2v) is 9.98. The van der Waals surface area contributed by atoms with Gasteiger partial charge in [0.05, 0.1) is 0 Å². The molecule has 0 radical (unpaired) electrons. The summed E-state index contributed by atoms with van der Waals surface area (Å²) >= 11 is 0. The SMILES string of the molecule is C#C.CCN(Cc1ccc(CCN2CCCCC2)cc1)c1ccccc1.Oc1ccc2c(c1)CCCC2. The minimum Gasteiger partial charge on any atom is -0.508 e. The molecule has 0 spiro atoms. The number of likely N-dealkylation sites (tertiary alicyclic amines) is 1. The molecule has 1 fully saturated rings. The van der Waals surface area contributed by atoms with Crippen LogP contribution in [0.5, 0.6) is 5.75 Å². The van der Waals surface area contributed by atoms with E-state index in [1.165, 1.54) is 92.5 Å². The van der Waals surface area contributed by atoms with Crippen LogP contribution >= 0.6 is 0 Å². The van der Waals surface area contributed by atoms with Crippen molar-refractivity contribution >= 4 is 5.69 Å². The van der Waals surface area contributed by atoms with Crippen LogP contribution in [0.3, 0.4) is 0 Å². The highest BCUT2D eigenvalue weighted by atomic mass is 16.3. The standard InChI is InChI=1S/C22H30N2.C10H12O.C2H2/c1-2-24(22-9-5-3-6-10-22)19-21-13-11-20(12-14-21)15-18-23-16-7-4-8-17-23;11-10-6-5-8-3-1-2-4-9(8)7-10;1-2/h3,5-6,9-14H,2,4,7-8,15-19H2,1H3;5-7,11H,1-4H2;1-2H. The van der Waals surface area contributed by atoms with Gasteiger partial charge in [0, 0.05) is 25.3 Å². The molecule has 3 heteroatoms. The van der Waals surface area contributed by atoms with Gasteiger partial charge >= 0.3 is 0 Å². The lowest BCUT2D eigenvalue weighted by atomic mass is 9.92. The Kier molecular flexibility index (Phi) is 12.1. The molecule has 0 bridgehead atoms. The van der Waals surface area contributed by atoms with Crippen molar-refractivity contribution in [2.45, 2.75) is 64.8 Å². The number of para-hydroxylation sites is 1. The van der Waals surface area contributed by atoms with Crippen LogP contribution in [0.25, 0.3) is 0 Å². The molecule has 0 unspecified atom stereocenters. The number of rotatable bonds is 7. The van der Waals surface area contributed by atoms with Crippen LogP contribution in [0.1, 0.15) is 61.3 Å². The Bertz CT molecular complexity index is 1050. The van der Waals surface area contributed by atoms with Crippen LogP contribution in [0, 0.1) is 12.8 Å². The Morgan fingerprint density at radius 2 is 1.41 bits per heavy atom. The number of aromatic hydroxyl groups is 1. The largest absolute Gasteiger partial charge is 0.508 e. The Morgan fingerprint density at radius 1 is 0.757 bits per heavy atom. The minimum atomic E-state index is 0.408. The Hall–Kier alpha value is -3.22. The van der Waals surface area contributed by atoms with Crippen LogP contribution in [-0.2, 0) is 25.8 Å². The predicted molar refractivity (Wildman–Crippen MR) is 158 cm³/mol. The van der Waals surface area contributed by atoms with Crippen molar-refractivity contribution in [3.8, 4) is 18.6 Å². The van der Waals surface area contributed by atoms with E-state index in [1.807, 2.05) is 12.1 Å². The van der Waals surface area contributed by atoms with Gasteiger partial charge < -0.3 is 14.9 Å². The first-order valence-corrected chi connectivity index (χ1v) is 14.0. The van der Waals surface area contributed by atoms with E-state index in [0.717, 1.165) is 19.5 Å². The third-order valence-corrected chi connectivity index (χ3v) is 7.40. The number of fused-ring (bicyclic) bond motifs is 1. The molecule has 0 amide bonds. The van der Waals surface area contributed by atoms with Crippen molar-refractivity contribution in [3.05, 3.63) is 95.1 Å². The zero-order chi connectivity index (χ0) is 26.3. The van der Waals surface area contributed by atoms with Crippen molar-refractivity contribution in [2.24, 2.45) is 0 Å². The number of aryl methyl sites for hydroxylation is 2. The second-order valence-electron chi connectivity index (χ2n) is 9.98. The molecule has 5 rings (SSSR count). The van der Waals surface area contributed by atoms with Crippen molar-refractivity contribution in [1.82, 2.24) is 4.90 Å². The number of phenols is 1. The van der Waals surface area contributed by atoms with Crippen LogP contribution in [-0.4, -0.2) is 36.2 Å². The van der Waals surface area contributed by atoms with Gasteiger partial charge in [-0.05, 0) is 111 Å². The van der Waals surface area contributed by atoms with Crippen LogP contribution in [0.2, 0.25) is 0 Å². The molecule has 3 nitrogen and oxygen atoms in total. The van der Waals surface area contributed by atoms with Crippen LogP contribution in [0.15, 0.2) is 72.8 Å². The van der Waals surface area contributed by atoms with Gasteiger partial charge in [-0.1, -0.05) is 55.0 Å². The van der Waals surface area contributed by atoms with Gasteiger partial charge in [0.1, 0.15) is 5.75 Å². The number of hydrogen-bond donors (Lipinski definition) is 1. The number of anilines is 1. The zero-order valence-electron chi connectivity index (χ0n) is 22.6. The van der Waals surface area contributed by atoms with Crippen molar-refractivity contribution in [1.29, 1.82) is 0 Å². The van der Waals surface area contributed by atoms with E-state index < -0.39 is 0 Å². The summed E-state index contributed by atoms with van der Waals surface area (Å²) in [6.45, 7) is 8.03. The summed E-state index contributed by atoms with van der Waals surface area (Å²) in [5.74, 6) is 0.408. The molecule has 3 aromatic rings. The normalized spacial score (nSPS) is 14.8. The molecule has 3 aromatic carbocycles. The van der Waals surface area contributed by atoms with Crippen molar-refractivity contribution < 1.29 is 5.11 Å². The maximum absolute atomic E-state index is 9.19. The van der Waals surface area contributed by atoms with Gasteiger partial charge in [-0.15, -0.1) is 12.8 Å². The molecular formula is C34H44N2O. The van der Waals surface area contributed by atoms with Gasteiger partial charge in [0.15, 0.2) is 0 Å². The molecular weight excluding hydrogens is 452 g/mol. The van der Waals surface area contributed by atoms with Gasteiger partial charge in [-0.2, -0.15) is 0 Å². The molecule has 1 aliphatic carbocycles. The van der Waals surface area contributed by atoms with Gasteiger partial charge in [-0.3, -0.25) is 0 Å². The fourth-order valence-corrected chi connectivity index (χ4v) is 5.25. The predicted octanol–water partition coefficient (Wildman–Crippen LogP) is 7.26. The highest BCUT2D eigenvalue weighted by Crippen LogP contribution is 2.24. The lowest BCUT2D eigenvalue weighted by molar-refractivity contribution is 0.231. The van der Waals surface area contributed by atoms with E-state index in [0.29, 0.717) is 5.75 Å². The molecule has 0 aromatic heterocycles. The van der Waals surface area contributed by atoms with E-state index in [9.17, 15) is 5.11 Å². The second kappa shape index (κ2) is 15.8. The van der Waals surface area contributed by atoms with Crippen molar-refractivity contribution in [2.75, 3.05) is 31.1 Å². The molecule has 196 valence electrons. The van der Waals surface area contributed by atoms with E-state index in [-0.39, 0.29) is 0 Å².